The number of rotatable bonds is 9. The molecule has 46 heavy (non-hydrogen) atoms. The van der Waals surface area contributed by atoms with Gasteiger partial charge in [-0.25, -0.2) is 27.2 Å². The number of hydrogen-bond donors (Lipinski definition) is 5. The quantitative estimate of drug-likeness (QED) is 0.0786. The zero-order chi connectivity index (χ0) is 33.9. The number of amides is 2. The first-order valence-corrected chi connectivity index (χ1v) is 14.8. The molecule has 0 bridgehead atoms. The van der Waals surface area contributed by atoms with Crippen molar-refractivity contribution in [2.45, 2.75) is 63.2 Å². The average molecular weight is 657 g/mol. The van der Waals surface area contributed by atoms with Crippen molar-refractivity contribution < 1.29 is 41.5 Å². The molecule has 2 aliphatic rings. The highest BCUT2D eigenvalue weighted by Gasteiger charge is 2.35. The molecule has 2 amide bonds. The first kappa shape index (κ1) is 36.0. The number of nitrogen functional groups attached to an aromatic ring is 1. The van der Waals surface area contributed by atoms with Crippen LogP contribution in [0.15, 0.2) is 36.4 Å². The Balaban J connectivity index is 0.000000251. The molecule has 0 saturated heterocycles. The third kappa shape index (κ3) is 11.5. The standard InChI is InChI=1S/C15H19F2N3O4.C15H21F2N3O2/c1-24-14(21)19-11-2-3-12(13(8-11)20(22)23)18-9-10-4-6-15(16,17)7-5-10;1-22-14(21)20-11-2-3-13(12(18)8-11)19-9-10-4-6-15(16,17)7-5-10/h2-3,8,10,18H,4-7,9H2,1H3,(H,19,21);2-3,8,10,19H,4-7,9,18H2,1H3,(H,20,21). The number of alkyl halides is 4. The average Bonchev–Trinajstić information content (AvgIpc) is 3.01. The molecular weight excluding hydrogens is 616 g/mol. The molecule has 0 aromatic heterocycles. The number of halogens is 4. The maximum Gasteiger partial charge on any atom is 0.411 e. The number of carbonyl (C=O) groups excluding carboxylic acids is 2. The fraction of sp³-hybridized carbons (Fsp3) is 0.533. The lowest BCUT2D eigenvalue weighted by atomic mass is 9.87. The third-order valence-electron chi connectivity index (χ3n) is 7.95. The van der Waals surface area contributed by atoms with Gasteiger partial charge in [-0.2, -0.15) is 0 Å². The summed E-state index contributed by atoms with van der Waals surface area (Å²) >= 11 is 0. The van der Waals surface area contributed by atoms with Gasteiger partial charge in [0.05, 0.1) is 36.2 Å². The summed E-state index contributed by atoms with van der Waals surface area (Å²) in [7, 11) is 2.47. The van der Waals surface area contributed by atoms with E-state index in [1.54, 1.807) is 18.2 Å². The van der Waals surface area contributed by atoms with E-state index in [-0.39, 0.29) is 54.6 Å². The van der Waals surface area contributed by atoms with Gasteiger partial charge in [0.2, 0.25) is 11.8 Å². The molecule has 2 saturated carbocycles. The van der Waals surface area contributed by atoms with Crippen LogP contribution >= 0.6 is 0 Å². The lowest BCUT2D eigenvalue weighted by Gasteiger charge is -2.28. The molecule has 2 aromatic rings. The second kappa shape index (κ2) is 16.2. The van der Waals surface area contributed by atoms with E-state index < -0.39 is 29.0 Å². The Bertz CT molecular complexity index is 1350. The highest BCUT2D eigenvalue weighted by molar-refractivity contribution is 5.87. The summed E-state index contributed by atoms with van der Waals surface area (Å²) in [5.41, 5.74) is 7.98. The van der Waals surface area contributed by atoms with E-state index in [0.29, 0.717) is 50.1 Å². The topological polar surface area (TPSA) is 170 Å². The van der Waals surface area contributed by atoms with Gasteiger partial charge in [0.15, 0.2) is 0 Å². The fourth-order valence-corrected chi connectivity index (χ4v) is 5.17. The van der Waals surface area contributed by atoms with Crippen LogP contribution in [-0.4, -0.2) is 56.3 Å². The summed E-state index contributed by atoms with van der Waals surface area (Å²) < 4.78 is 61.4. The van der Waals surface area contributed by atoms with Crippen molar-refractivity contribution in [2.75, 3.05) is 54.3 Å². The Kier molecular flexibility index (Phi) is 12.7. The van der Waals surface area contributed by atoms with E-state index in [4.69, 9.17) is 5.73 Å². The number of nitrogens with zero attached hydrogens (tertiary/aromatic N) is 1. The number of nitro groups is 1. The van der Waals surface area contributed by atoms with Crippen LogP contribution in [0.2, 0.25) is 0 Å². The SMILES string of the molecule is COC(=O)Nc1ccc(NCC2CCC(F)(F)CC2)c(N)c1.COC(=O)Nc1ccc(NCC2CCC(F)(F)CC2)c([N+](=O)[O-])c1. The monoisotopic (exact) mass is 656 g/mol. The lowest BCUT2D eigenvalue weighted by molar-refractivity contribution is -0.383. The molecule has 12 nitrogen and oxygen atoms in total. The van der Waals surface area contributed by atoms with Crippen LogP contribution in [-0.2, 0) is 9.47 Å². The molecule has 2 aliphatic carbocycles. The van der Waals surface area contributed by atoms with E-state index in [9.17, 15) is 37.3 Å². The molecule has 2 aromatic carbocycles. The van der Waals surface area contributed by atoms with E-state index in [2.05, 4.69) is 30.7 Å². The second-order valence-electron chi connectivity index (χ2n) is 11.4. The lowest BCUT2D eigenvalue weighted by Crippen LogP contribution is -2.28. The smallest absolute Gasteiger partial charge is 0.411 e. The molecule has 16 heteroatoms. The van der Waals surface area contributed by atoms with Crippen LogP contribution in [0.25, 0.3) is 0 Å². The number of methoxy groups -OCH3 is 2. The number of nitro benzene ring substituents is 1. The summed E-state index contributed by atoms with van der Waals surface area (Å²) in [6.07, 6.45) is 0.117. The van der Waals surface area contributed by atoms with Gasteiger partial charge in [0.1, 0.15) is 5.69 Å². The Hall–Kier alpha value is -4.50. The highest BCUT2D eigenvalue weighted by Crippen LogP contribution is 2.38. The Labute approximate surface area is 263 Å². The number of anilines is 5. The van der Waals surface area contributed by atoms with Crippen LogP contribution in [0.3, 0.4) is 0 Å². The molecule has 2 fully saturated rings. The second-order valence-corrected chi connectivity index (χ2v) is 11.4. The molecule has 0 unspecified atom stereocenters. The zero-order valence-electron chi connectivity index (χ0n) is 25.7. The summed E-state index contributed by atoms with van der Waals surface area (Å²) in [6, 6.07) is 9.26. The van der Waals surface area contributed by atoms with Crippen molar-refractivity contribution >= 4 is 46.3 Å². The Morgan fingerprint density at radius 3 is 1.63 bits per heavy atom. The molecular formula is C30H40F4N6O6. The van der Waals surface area contributed by atoms with Crippen LogP contribution in [0.4, 0.5) is 61.3 Å². The van der Waals surface area contributed by atoms with Gasteiger partial charge < -0.3 is 25.8 Å². The van der Waals surface area contributed by atoms with E-state index in [1.165, 1.54) is 32.4 Å². The van der Waals surface area contributed by atoms with Gasteiger partial charge in [-0.15, -0.1) is 0 Å². The molecule has 0 spiro atoms. The van der Waals surface area contributed by atoms with E-state index in [1.807, 2.05) is 0 Å². The number of nitrogens with two attached hydrogens (primary N) is 1. The maximum absolute atomic E-state index is 13.1. The molecule has 6 N–H and O–H groups in total. The van der Waals surface area contributed by atoms with E-state index >= 15 is 0 Å². The van der Waals surface area contributed by atoms with Crippen molar-refractivity contribution in [2.24, 2.45) is 11.8 Å². The number of benzene rings is 2. The number of ether oxygens (including phenoxy) is 2. The minimum atomic E-state index is -2.59. The minimum absolute atomic E-state index is 0.0448. The van der Waals surface area contributed by atoms with Crippen LogP contribution in [0.5, 0.6) is 0 Å². The van der Waals surface area contributed by atoms with Crippen molar-refractivity contribution in [1.29, 1.82) is 0 Å². The van der Waals surface area contributed by atoms with Gasteiger partial charge in [0.25, 0.3) is 5.69 Å². The molecule has 0 aliphatic heterocycles. The molecule has 254 valence electrons. The molecule has 0 atom stereocenters. The van der Waals surface area contributed by atoms with Crippen LogP contribution < -0.4 is 27.0 Å². The summed E-state index contributed by atoms with van der Waals surface area (Å²) in [5.74, 6) is -4.82. The normalized spacial score (nSPS) is 17.4. The summed E-state index contributed by atoms with van der Waals surface area (Å²) in [6.45, 7) is 1.00. The van der Waals surface area contributed by atoms with Crippen molar-refractivity contribution in [3.05, 3.63) is 46.5 Å². The zero-order valence-corrected chi connectivity index (χ0v) is 25.7. The van der Waals surface area contributed by atoms with Crippen molar-refractivity contribution in [3.63, 3.8) is 0 Å². The van der Waals surface area contributed by atoms with Crippen LogP contribution in [0.1, 0.15) is 51.4 Å². The van der Waals surface area contributed by atoms with Crippen LogP contribution in [0, 0.1) is 22.0 Å². The maximum atomic E-state index is 13.1. The summed E-state index contributed by atoms with van der Waals surface area (Å²) in [5, 5.41) is 22.2. The van der Waals surface area contributed by atoms with Gasteiger partial charge in [-0.1, -0.05) is 0 Å². The predicted molar refractivity (Wildman–Crippen MR) is 167 cm³/mol. The van der Waals surface area contributed by atoms with E-state index in [0.717, 1.165) is 5.69 Å². The minimum Gasteiger partial charge on any atom is -0.453 e. The van der Waals surface area contributed by atoms with Crippen molar-refractivity contribution in [1.82, 2.24) is 0 Å². The largest absolute Gasteiger partial charge is 0.453 e. The molecule has 0 heterocycles. The van der Waals surface area contributed by atoms with Gasteiger partial charge in [-0.3, -0.25) is 20.7 Å². The highest BCUT2D eigenvalue weighted by atomic mass is 19.3. The third-order valence-corrected chi connectivity index (χ3v) is 7.95. The summed E-state index contributed by atoms with van der Waals surface area (Å²) in [4.78, 5) is 32.9. The Morgan fingerprint density at radius 1 is 0.804 bits per heavy atom. The van der Waals surface area contributed by atoms with Gasteiger partial charge in [0, 0.05) is 50.5 Å². The first-order chi connectivity index (χ1) is 21.7. The van der Waals surface area contributed by atoms with Gasteiger partial charge in [-0.05, 0) is 67.9 Å². The van der Waals surface area contributed by atoms with Gasteiger partial charge >= 0.3 is 12.2 Å². The molecule has 4 rings (SSSR count). The number of carbonyl (C=O) groups is 2. The Morgan fingerprint density at radius 2 is 1.22 bits per heavy atom. The number of hydrogen-bond acceptors (Lipinski definition) is 9. The first-order valence-electron chi connectivity index (χ1n) is 14.8. The number of nitrogens with one attached hydrogen (secondary N) is 4. The molecule has 0 radical (unpaired) electrons. The van der Waals surface area contributed by atoms with Crippen molar-refractivity contribution in [3.8, 4) is 0 Å². The predicted octanol–water partition coefficient (Wildman–Crippen LogP) is 7.70. The fourth-order valence-electron chi connectivity index (χ4n) is 5.17.